The number of hydrogen-bond donors (Lipinski definition) is 0. The molecule has 0 aromatic rings. The number of carbonyl (C=O) groups is 1. The molecule has 1 atom stereocenters. The fourth-order valence-corrected chi connectivity index (χ4v) is 1.69. The van der Waals surface area contributed by atoms with Crippen LogP contribution >= 0.6 is 0 Å². The van der Waals surface area contributed by atoms with Crippen molar-refractivity contribution in [2.75, 3.05) is 27.2 Å². The van der Waals surface area contributed by atoms with Crippen LogP contribution in [0.2, 0.25) is 0 Å². The normalized spacial score (nSPS) is 35.9. The molecule has 1 heterocycles. The van der Waals surface area contributed by atoms with E-state index in [0.29, 0.717) is 6.33 Å². The molecule has 4 heteroatoms. The predicted octanol–water partition coefficient (Wildman–Crippen LogP) is 1.35. The first-order valence-corrected chi connectivity index (χ1v) is 4.39. The van der Waals surface area contributed by atoms with Crippen molar-refractivity contribution >= 4 is 5.97 Å². The van der Waals surface area contributed by atoms with Gasteiger partial charge >= 0.3 is 5.97 Å². The fourth-order valence-electron chi connectivity index (χ4n) is 1.69. The average Bonchev–Trinajstić information content (AvgIpc) is 2.26. The van der Waals surface area contributed by atoms with Crippen molar-refractivity contribution in [2.24, 2.45) is 5.41 Å². The number of carbonyl (C=O) groups excluding carboxylic acids is 1. The zero-order valence-corrected chi connectivity index (χ0v) is 8.34. The van der Waals surface area contributed by atoms with Crippen LogP contribution in [0.3, 0.4) is 0 Å². The molecule has 1 saturated heterocycles. The van der Waals surface area contributed by atoms with Crippen molar-refractivity contribution < 1.29 is 18.0 Å². The number of rotatable bonds is 1. The van der Waals surface area contributed by atoms with Gasteiger partial charge in [0.15, 0.2) is 0 Å². The molecule has 1 rings (SSSR count). The lowest BCUT2D eigenvalue weighted by Crippen LogP contribution is -2.46. The summed E-state index contributed by atoms with van der Waals surface area (Å²) in [4.78, 5) is 12.9. The second-order valence-corrected chi connectivity index (χ2v) is 3.63. The van der Waals surface area contributed by atoms with Crippen LogP contribution in [0.5, 0.6) is 0 Å². The number of methoxy groups -OCH3 is 1. The Morgan fingerprint density at radius 3 is 3.07 bits per heavy atom. The van der Waals surface area contributed by atoms with Crippen LogP contribution in [0.4, 0.5) is 4.39 Å². The van der Waals surface area contributed by atoms with Crippen molar-refractivity contribution in [1.82, 2.24) is 4.90 Å². The van der Waals surface area contributed by atoms with Gasteiger partial charge in [-0.1, -0.05) is 0 Å². The molecule has 1 aliphatic heterocycles. The minimum Gasteiger partial charge on any atom is -0.468 e. The van der Waals surface area contributed by atoms with Crippen molar-refractivity contribution in [1.29, 1.82) is 0 Å². The Morgan fingerprint density at radius 2 is 2.57 bits per heavy atom. The van der Waals surface area contributed by atoms with E-state index in [-0.39, 0.29) is 25.1 Å². The fraction of sp³-hybridized carbons (Fsp3) is 0.700. The molecule has 0 aromatic heterocycles. The van der Waals surface area contributed by atoms with Crippen molar-refractivity contribution in [3.05, 3.63) is 11.9 Å². The highest BCUT2D eigenvalue weighted by molar-refractivity contribution is 5.80. The molecule has 0 saturated carbocycles. The number of ether oxygens (including phenoxy) is 1. The van der Waals surface area contributed by atoms with E-state index in [0.717, 1.165) is 0 Å². The van der Waals surface area contributed by atoms with Crippen LogP contribution in [0.25, 0.3) is 0 Å². The molecule has 0 aliphatic carbocycles. The zero-order chi connectivity index (χ0) is 13.3. The Hall–Kier alpha value is -0.900. The highest BCUT2D eigenvalue weighted by Crippen LogP contribution is 2.35. The predicted molar refractivity (Wildman–Crippen MR) is 51.4 cm³/mol. The van der Waals surface area contributed by atoms with Gasteiger partial charge in [-0.15, -0.1) is 0 Å². The molecule has 0 aromatic carbocycles. The second kappa shape index (κ2) is 4.09. The summed E-state index contributed by atoms with van der Waals surface area (Å²) in [6, 6.07) is 0. The quantitative estimate of drug-likeness (QED) is 0.604. The number of likely N-dealkylation sites (tertiary alicyclic amines) is 1. The number of piperidine rings is 1. The molecule has 14 heavy (non-hydrogen) atoms. The summed E-state index contributed by atoms with van der Waals surface area (Å²) in [6.07, 6.45) is 0.592. The third-order valence-corrected chi connectivity index (χ3v) is 2.63. The first kappa shape index (κ1) is 7.40. The summed E-state index contributed by atoms with van der Waals surface area (Å²) >= 11 is 0. The maximum Gasteiger partial charge on any atom is 0.317 e. The molecule has 0 spiro atoms. The van der Waals surface area contributed by atoms with Gasteiger partial charge < -0.3 is 9.64 Å². The van der Waals surface area contributed by atoms with E-state index < -0.39 is 18.4 Å². The summed E-state index contributed by atoms with van der Waals surface area (Å²) in [7, 11) is 1.21. The SMILES string of the molecule is [2H]C([2H])([2H])N1CCC(=CF)C(C)(C(=O)OC)C1. The van der Waals surface area contributed by atoms with Crippen LogP contribution in [-0.2, 0) is 9.53 Å². The Balaban J connectivity index is 3.02. The Bertz CT molecular complexity index is 343. The van der Waals surface area contributed by atoms with Gasteiger partial charge in [0.2, 0.25) is 0 Å². The van der Waals surface area contributed by atoms with Gasteiger partial charge in [0.05, 0.1) is 13.4 Å². The lowest BCUT2D eigenvalue weighted by molar-refractivity contribution is -0.151. The first-order chi connectivity index (χ1) is 7.75. The maximum atomic E-state index is 12.8. The monoisotopic (exact) mass is 204 g/mol. The summed E-state index contributed by atoms with van der Waals surface area (Å²) in [5, 5.41) is 0. The number of nitrogens with zero attached hydrogens (tertiary/aromatic N) is 1. The average molecular weight is 204 g/mol. The van der Waals surface area contributed by atoms with Gasteiger partial charge in [-0.3, -0.25) is 4.79 Å². The third kappa shape index (κ3) is 1.80. The topological polar surface area (TPSA) is 29.5 Å². The summed E-state index contributed by atoms with van der Waals surface area (Å²) < 4.78 is 39.3. The van der Waals surface area contributed by atoms with Gasteiger partial charge in [0, 0.05) is 17.2 Å². The highest BCUT2D eigenvalue weighted by atomic mass is 19.1. The van der Waals surface area contributed by atoms with E-state index in [1.165, 1.54) is 18.9 Å². The zero-order valence-electron chi connectivity index (χ0n) is 11.3. The second-order valence-electron chi connectivity index (χ2n) is 3.63. The molecule has 3 nitrogen and oxygen atoms in total. The van der Waals surface area contributed by atoms with Gasteiger partial charge in [-0.05, 0) is 25.9 Å². The largest absolute Gasteiger partial charge is 0.468 e. The molecular formula is C10H16FNO2. The minimum atomic E-state index is -2.28. The van der Waals surface area contributed by atoms with Crippen LogP contribution in [0.1, 0.15) is 17.5 Å². The van der Waals surface area contributed by atoms with Crippen LogP contribution in [-0.4, -0.2) is 38.0 Å². The Kier molecular flexibility index (Phi) is 2.16. The molecular weight excluding hydrogens is 185 g/mol. The van der Waals surface area contributed by atoms with Crippen molar-refractivity contribution in [3.63, 3.8) is 0 Å². The lowest BCUT2D eigenvalue weighted by Gasteiger charge is -2.38. The number of esters is 1. The van der Waals surface area contributed by atoms with Crippen LogP contribution < -0.4 is 0 Å². The first-order valence-electron chi connectivity index (χ1n) is 5.89. The Labute approximate surface area is 87.7 Å². The number of halogens is 1. The smallest absolute Gasteiger partial charge is 0.317 e. The Morgan fingerprint density at radius 1 is 1.86 bits per heavy atom. The van der Waals surface area contributed by atoms with Gasteiger partial charge in [0.25, 0.3) is 0 Å². The van der Waals surface area contributed by atoms with Crippen LogP contribution in [0.15, 0.2) is 11.9 Å². The molecule has 1 unspecified atom stereocenters. The van der Waals surface area contributed by atoms with E-state index in [9.17, 15) is 9.18 Å². The summed E-state index contributed by atoms with van der Waals surface area (Å²) in [5.74, 6) is -0.615. The molecule has 0 N–H and O–H groups in total. The third-order valence-electron chi connectivity index (χ3n) is 2.63. The number of hydrogen-bond acceptors (Lipinski definition) is 3. The molecule has 1 fully saturated rings. The molecule has 80 valence electrons. The molecule has 0 amide bonds. The molecule has 0 bridgehead atoms. The maximum absolute atomic E-state index is 12.8. The van der Waals surface area contributed by atoms with E-state index in [1.54, 1.807) is 0 Å². The molecule has 0 radical (unpaired) electrons. The standard InChI is InChI=1S/C10H16FNO2/c1-10(9(13)14-3)7-12(2)5-4-8(10)6-11/h6H,4-5,7H2,1-3H3/i2D3. The van der Waals surface area contributed by atoms with Gasteiger partial charge in [-0.2, -0.15) is 0 Å². The van der Waals surface area contributed by atoms with E-state index in [4.69, 9.17) is 4.11 Å². The molecule has 1 aliphatic rings. The van der Waals surface area contributed by atoms with E-state index >= 15 is 0 Å². The minimum absolute atomic E-state index is 0.0636. The van der Waals surface area contributed by atoms with Crippen molar-refractivity contribution in [2.45, 2.75) is 13.3 Å². The lowest BCUT2D eigenvalue weighted by atomic mass is 9.78. The summed E-state index contributed by atoms with van der Waals surface area (Å²) in [5.41, 5.74) is -0.944. The summed E-state index contributed by atoms with van der Waals surface area (Å²) in [6.45, 7) is -0.635. The van der Waals surface area contributed by atoms with Gasteiger partial charge in [0.1, 0.15) is 5.41 Å². The van der Waals surface area contributed by atoms with E-state index in [1.807, 2.05) is 0 Å². The van der Waals surface area contributed by atoms with Crippen molar-refractivity contribution in [3.8, 4) is 0 Å². The van der Waals surface area contributed by atoms with Gasteiger partial charge in [-0.25, -0.2) is 4.39 Å². The van der Waals surface area contributed by atoms with E-state index in [2.05, 4.69) is 4.74 Å². The highest BCUT2D eigenvalue weighted by Gasteiger charge is 2.42. The van der Waals surface area contributed by atoms with Crippen LogP contribution in [0, 0.1) is 5.41 Å².